The highest BCUT2D eigenvalue weighted by Gasteiger charge is 2.24. The molecular weight excluding hydrogens is 348 g/mol. The number of likely N-dealkylation sites (N-methyl/N-ethyl adjacent to an activating group) is 1. The summed E-state index contributed by atoms with van der Waals surface area (Å²) in [5.41, 5.74) is 2.09. The number of hydrogen-bond donors (Lipinski definition) is 2. The van der Waals surface area contributed by atoms with Crippen molar-refractivity contribution in [2.75, 3.05) is 40.9 Å². The average molecular weight is 374 g/mol. The topological polar surface area (TPSA) is 92.8 Å². The van der Waals surface area contributed by atoms with Gasteiger partial charge in [-0.05, 0) is 18.2 Å². The summed E-state index contributed by atoms with van der Waals surface area (Å²) in [5.74, 6) is -0.717. The van der Waals surface area contributed by atoms with Crippen LogP contribution < -0.4 is 10.6 Å². The Morgan fingerprint density at radius 2 is 1.89 bits per heavy atom. The highest BCUT2D eigenvalue weighted by Crippen LogP contribution is 2.14. The minimum Gasteiger partial charge on any atom is -0.467 e. The average Bonchev–Trinajstić information content (AvgIpc) is 2.70. The summed E-state index contributed by atoms with van der Waals surface area (Å²) in [6, 6.07) is 4.88. The molecule has 1 aliphatic heterocycles. The van der Waals surface area contributed by atoms with Crippen molar-refractivity contribution in [3.63, 3.8) is 0 Å². The number of rotatable bonds is 9. The number of esters is 2. The lowest BCUT2D eigenvalue weighted by atomic mass is 10.1. The molecule has 146 valence electrons. The van der Waals surface area contributed by atoms with E-state index in [4.69, 9.17) is 4.74 Å². The first kappa shape index (κ1) is 20.6. The van der Waals surface area contributed by atoms with Gasteiger partial charge in [-0.2, -0.15) is 0 Å². The number of nitrogens with one attached hydrogen (secondary N) is 2. The Morgan fingerprint density at radius 3 is 2.59 bits per heavy atom. The van der Waals surface area contributed by atoms with Crippen molar-refractivity contribution in [2.45, 2.75) is 12.6 Å². The second-order valence-corrected chi connectivity index (χ2v) is 5.98. The second kappa shape index (κ2) is 10.4. The first-order valence-corrected chi connectivity index (χ1v) is 8.70. The molecule has 1 atom stereocenters. The molecule has 27 heavy (non-hydrogen) atoms. The molecule has 0 saturated heterocycles. The number of nitrogens with zero attached hydrogens (tertiary/aromatic N) is 2. The smallest absolute Gasteiger partial charge is 0.356 e. The van der Waals surface area contributed by atoms with Gasteiger partial charge in [0.15, 0.2) is 0 Å². The van der Waals surface area contributed by atoms with Gasteiger partial charge in [-0.3, -0.25) is 0 Å². The Morgan fingerprint density at radius 1 is 1.15 bits per heavy atom. The summed E-state index contributed by atoms with van der Waals surface area (Å²) in [6.45, 7) is 2.68. The third-order valence-corrected chi connectivity index (χ3v) is 4.19. The van der Waals surface area contributed by atoms with Gasteiger partial charge in [-0.15, -0.1) is 0 Å². The van der Waals surface area contributed by atoms with Crippen molar-refractivity contribution in [1.82, 2.24) is 20.5 Å². The van der Waals surface area contributed by atoms with Gasteiger partial charge in [-0.1, -0.05) is 18.2 Å². The first-order chi connectivity index (χ1) is 13.1. The Hall–Kier alpha value is -2.71. The molecular formula is C19H26N4O4. The van der Waals surface area contributed by atoms with E-state index in [-0.39, 0.29) is 12.0 Å². The van der Waals surface area contributed by atoms with Crippen LogP contribution in [0.25, 0.3) is 0 Å². The number of methoxy groups -OCH3 is 2. The van der Waals surface area contributed by atoms with E-state index < -0.39 is 5.97 Å². The quantitative estimate of drug-likeness (QED) is 0.476. The van der Waals surface area contributed by atoms with E-state index in [9.17, 15) is 9.59 Å². The fourth-order valence-electron chi connectivity index (χ4n) is 2.64. The molecule has 1 unspecified atom stereocenters. The lowest BCUT2D eigenvalue weighted by Crippen LogP contribution is -2.41. The molecule has 1 aromatic rings. The SMILES string of the molecule is COC(=O)c1cccc(CNCCNCC2=CC=CC(C(=O)OC)N2C)n1. The molecule has 0 aromatic carbocycles. The maximum absolute atomic E-state index is 11.8. The number of allylic oxidation sites excluding steroid dienone is 2. The summed E-state index contributed by atoms with van der Waals surface area (Å²) in [7, 11) is 4.60. The van der Waals surface area contributed by atoms with Crippen molar-refractivity contribution >= 4 is 11.9 Å². The molecule has 1 aromatic heterocycles. The van der Waals surface area contributed by atoms with E-state index >= 15 is 0 Å². The Bertz CT molecular complexity index is 717. The number of pyridine rings is 1. The van der Waals surface area contributed by atoms with Crippen LogP contribution in [0.15, 0.2) is 42.1 Å². The highest BCUT2D eigenvalue weighted by molar-refractivity contribution is 5.87. The Balaban J connectivity index is 1.69. The molecule has 1 aliphatic rings. The predicted octanol–water partition coefficient (Wildman–Crippen LogP) is 0.475. The molecule has 0 aliphatic carbocycles. The third kappa shape index (κ3) is 5.90. The van der Waals surface area contributed by atoms with Crippen LogP contribution in [0.3, 0.4) is 0 Å². The van der Waals surface area contributed by atoms with E-state index in [2.05, 4.69) is 20.4 Å². The van der Waals surface area contributed by atoms with Crippen LogP contribution >= 0.6 is 0 Å². The molecule has 0 fully saturated rings. The maximum atomic E-state index is 11.8. The van der Waals surface area contributed by atoms with Crippen LogP contribution in [0.5, 0.6) is 0 Å². The van der Waals surface area contributed by atoms with E-state index in [0.29, 0.717) is 18.8 Å². The second-order valence-electron chi connectivity index (χ2n) is 5.98. The molecule has 2 heterocycles. The van der Waals surface area contributed by atoms with Gasteiger partial charge in [0.2, 0.25) is 0 Å². The number of hydrogen-bond acceptors (Lipinski definition) is 8. The zero-order valence-electron chi connectivity index (χ0n) is 15.9. The van der Waals surface area contributed by atoms with Crippen molar-refractivity contribution in [3.8, 4) is 0 Å². The molecule has 8 heteroatoms. The lowest BCUT2D eigenvalue weighted by Gasteiger charge is -2.30. The van der Waals surface area contributed by atoms with Gasteiger partial charge in [0, 0.05) is 38.9 Å². The number of ether oxygens (including phenoxy) is 2. The van der Waals surface area contributed by atoms with Crippen LogP contribution in [-0.2, 0) is 20.8 Å². The fraction of sp³-hybridized carbons (Fsp3) is 0.421. The van der Waals surface area contributed by atoms with E-state index in [0.717, 1.165) is 24.5 Å². The summed E-state index contributed by atoms with van der Waals surface area (Å²) < 4.78 is 9.48. The molecule has 0 spiro atoms. The third-order valence-electron chi connectivity index (χ3n) is 4.19. The van der Waals surface area contributed by atoms with Crippen LogP contribution in [0.4, 0.5) is 0 Å². The van der Waals surface area contributed by atoms with Crippen molar-refractivity contribution in [3.05, 3.63) is 53.5 Å². The monoisotopic (exact) mass is 374 g/mol. The van der Waals surface area contributed by atoms with Crippen molar-refractivity contribution in [1.29, 1.82) is 0 Å². The fourth-order valence-corrected chi connectivity index (χ4v) is 2.64. The van der Waals surface area contributed by atoms with Crippen LogP contribution in [0, 0.1) is 0 Å². The molecule has 0 bridgehead atoms. The van der Waals surface area contributed by atoms with E-state index in [1.807, 2.05) is 36.2 Å². The molecule has 0 saturated carbocycles. The molecule has 0 amide bonds. The zero-order chi connectivity index (χ0) is 19.6. The number of carbonyl (C=O) groups is 2. The molecule has 2 N–H and O–H groups in total. The van der Waals surface area contributed by atoms with Crippen LogP contribution in [0.1, 0.15) is 16.2 Å². The molecule has 0 radical (unpaired) electrons. The summed E-state index contributed by atoms with van der Waals surface area (Å²) in [5, 5.41) is 6.61. The standard InChI is InChI=1S/C19H26N4O4/c1-23-15(7-5-9-17(23)19(25)27-3)13-21-11-10-20-12-14-6-4-8-16(22-14)18(24)26-2/h4-9,17,20-21H,10-13H2,1-3H3. The van der Waals surface area contributed by atoms with Crippen molar-refractivity contribution < 1.29 is 19.1 Å². The van der Waals surface area contributed by atoms with Gasteiger partial charge in [0.25, 0.3) is 0 Å². The first-order valence-electron chi connectivity index (χ1n) is 8.70. The zero-order valence-corrected chi connectivity index (χ0v) is 15.9. The number of carbonyl (C=O) groups excluding carboxylic acids is 2. The van der Waals surface area contributed by atoms with E-state index in [1.54, 1.807) is 12.1 Å². The maximum Gasteiger partial charge on any atom is 0.356 e. The van der Waals surface area contributed by atoms with Gasteiger partial charge >= 0.3 is 11.9 Å². The number of aromatic nitrogens is 1. The van der Waals surface area contributed by atoms with Gasteiger partial charge in [-0.25, -0.2) is 14.6 Å². The predicted molar refractivity (Wildman–Crippen MR) is 101 cm³/mol. The highest BCUT2D eigenvalue weighted by atomic mass is 16.5. The Labute approximate surface area is 159 Å². The normalized spacial score (nSPS) is 16.0. The largest absolute Gasteiger partial charge is 0.467 e. The molecule has 2 rings (SSSR count). The summed E-state index contributed by atoms with van der Waals surface area (Å²) in [6.07, 6.45) is 5.66. The summed E-state index contributed by atoms with van der Waals surface area (Å²) in [4.78, 5) is 29.4. The Kier molecular flexibility index (Phi) is 7.97. The van der Waals surface area contributed by atoms with Crippen LogP contribution in [0.2, 0.25) is 0 Å². The van der Waals surface area contributed by atoms with Gasteiger partial charge in [0.05, 0.1) is 19.9 Å². The molecule has 8 nitrogen and oxygen atoms in total. The lowest BCUT2D eigenvalue weighted by molar-refractivity contribution is -0.144. The van der Waals surface area contributed by atoms with Crippen molar-refractivity contribution in [2.24, 2.45) is 0 Å². The van der Waals surface area contributed by atoms with Gasteiger partial charge < -0.3 is 25.0 Å². The van der Waals surface area contributed by atoms with Crippen LogP contribution in [-0.4, -0.2) is 68.8 Å². The van der Waals surface area contributed by atoms with E-state index in [1.165, 1.54) is 14.2 Å². The minimum atomic E-state index is -0.442. The minimum absolute atomic E-state index is 0.275. The summed E-state index contributed by atoms with van der Waals surface area (Å²) >= 11 is 0. The van der Waals surface area contributed by atoms with Gasteiger partial charge in [0.1, 0.15) is 11.7 Å².